The van der Waals surface area contributed by atoms with Gasteiger partial charge in [0, 0.05) is 21.0 Å². The van der Waals surface area contributed by atoms with Crippen LogP contribution in [0.25, 0.3) is 0 Å². The zero-order valence-corrected chi connectivity index (χ0v) is 11.2. The lowest BCUT2D eigenvalue weighted by atomic mass is 10.2. The largest absolute Gasteiger partial charge is 0.349 e. The molecule has 0 unspecified atom stereocenters. The maximum absolute atomic E-state index is 10.5. The molecule has 17 heavy (non-hydrogen) atoms. The smallest absolute Gasteiger partial charge is 0.294 e. The Morgan fingerprint density at radius 2 is 1.53 bits per heavy atom. The Kier molecular flexibility index (Phi) is 5.84. The molecule has 1 aromatic rings. The molecule has 1 rings (SSSR count). The normalized spacial score (nSPS) is 10.2. The quantitative estimate of drug-likeness (QED) is 0.772. The summed E-state index contributed by atoms with van der Waals surface area (Å²) in [4.78, 5) is 11.5. The van der Waals surface area contributed by atoms with Crippen LogP contribution in [0.15, 0.2) is 29.2 Å². The zero-order chi connectivity index (χ0) is 13.6. The van der Waals surface area contributed by atoms with E-state index in [2.05, 4.69) is 0 Å². The highest BCUT2D eigenvalue weighted by molar-refractivity contribution is 7.85. The van der Waals surface area contributed by atoms with Crippen molar-refractivity contribution >= 4 is 16.0 Å². The van der Waals surface area contributed by atoms with Crippen molar-refractivity contribution in [1.82, 2.24) is 4.90 Å². The van der Waals surface area contributed by atoms with Crippen molar-refractivity contribution in [2.24, 2.45) is 0 Å². The maximum atomic E-state index is 10.5. The number of benzene rings is 1. The van der Waals surface area contributed by atoms with Crippen molar-refractivity contribution in [1.29, 1.82) is 0 Å². The summed E-state index contributed by atoms with van der Waals surface area (Å²) >= 11 is 0. The lowest BCUT2D eigenvalue weighted by Gasteiger charge is -2.02. The Bertz CT molecular complexity index is 463. The monoisotopic (exact) mass is 259 g/mol. The van der Waals surface area contributed by atoms with Gasteiger partial charge in [0.2, 0.25) is 5.91 Å². The van der Waals surface area contributed by atoms with Gasteiger partial charge in [-0.05, 0) is 19.1 Å². The molecule has 0 spiro atoms. The lowest BCUT2D eigenvalue weighted by Crippen LogP contribution is -2.17. The molecular formula is C11H17NO4S. The van der Waals surface area contributed by atoms with E-state index in [1.165, 1.54) is 24.0 Å². The van der Waals surface area contributed by atoms with Crippen molar-refractivity contribution in [3.05, 3.63) is 29.8 Å². The van der Waals surface area contributed by atoms with Gasteiger partial charge in [0.25, 0.3) is 10.1 Å². The molecule has 1 amide bonds. The van der Waals surface area contributed by atoms with Crippen LogP contribution in [0.3, 0.4) is 0 Å². The minimum absolute atomic E-state index is 0.0666. The van der Waals surface area contributed by atoms with Crippen molar-refractivity contribution in [3.8, 4) is 0 Å². The Morgan fingerprint density at radius 1 is 1.18 bits per heavy atom. The van der Waals surface area contributed by atoms with Gasteiger partial charge in [-0.2, -0.15) is 8.42 Å². The number of hydrogen-bond acceptors (Lipinski definition) is 3. The summed E-state index contributed by atoms with van der Waals surface area (Å²) in [5.74, 6) is 0.0926. The Hall–Kier alpha value is -1.40. The standard InChI is InChI=1S/C7H8O3S.C4H9NO/c1-6-2-4-7(5-3-6)11(8,9)10;1-4(6)5(2)3/h2-5H,1H3,(H,8,9,10);1-3H3. The molecule has 1 N–H and O–H groups in total. The van der Waals surface area contributed by atoms with Crippen LogP contribution in [0.5, 0.6) is 0 Å². The molecule has 0 saturated heterocycles. The second-order valence-corrected chi connectivity index (χ2v) is 5.12. The fourth-order valence-corrected chi connectivity index (χ4v) is 1.19. The number of rotatable bonds is 1. The highest BCUT2D eigenvalue weighted by atomic mass is 32.2. The SMILES string of the molecule is CC(=O)N(C)C.Cc1ccc(S(=O)(=O)O)cc1. The summed E-state index contributed by atoms with van der Waals surface area (Å²) in [6, 6.07) is 5.99. The number of carbonyl (C=O) groups excluding carboxylic acids is 1. The average molecular weight is 259 g/mol. The van der Waals surface area contributed by atoms with E-state index in [9.17, 15) is 13.2 Å². The van der Waals surface area contributed by atoms with Crippen LogP contribution >= 0.6 is 0 Å². The topological polar surface area (TPSA) is 74.7 Å². The van der Waals surface area contributed by atoms with E-state index in [1.807, 2.05) is 6.92 Å². The van der Waals surface area contributed by atoms with E-state index in [4.69, 9.17) is 4.55 Å². The first-order valence-electron chi connectivity index (χ1n) is 4.86. The van der Waals surface area contributed by atoms with Crippen LogP contribution in [0.4, 0.5) is 0 Å². The highest BCUT2D eigenvalue weighted by Crippen LogP contribution is 2.08. The van der Waals surface area contributed by atoms with Crippen LogP contribution < -0.4 is 0 Å². The summed E-state index contributed by atoms with van der Waals surface area (Å²) in [5, 5.41) is 0. The van der Waals surface area contributed by atoms with Gasteiger partial charge in [0.05, 0.1) is 4.90 Å². The van der Waals surface area contributed by atoms with Crippen LogP contribution in [0.1, 0.15) is 12.5 Å². The Labute approximate surface area is 102 Å². The van der Waals surface area contributed by atoms with Crippen LogP contribution in [0, 0.1) is 6.92 Å². The van der Waals surface area contributed by atoms with Crippen LogP contribution in [-0.2, 0) is 14.9 Å². The molecule has 0 radical (unpaired) electrons. The van der Waals surface area contributed by atoms with Gasteiger partial charge >= 0.3 is 0 Å². The van der Waals surface area contributed by atoms with Crippen molar-refractivity contribution in [2.45, 2.75) is 18.7 Å². The fourth-order valence-electron chi connectivity index (χ4n) is 0.710. The molecule has 0 heterocycles. The minimum Gasteiger partial charge on any atom is -0.349 e. The summed E-state index contributed by atoms with van der Waals surface area (Å²) in [6.45, 7) is 3.37. The summed E-state index contributed by atoms with van der Waals surface area (Å²) < 4.78 is 29.6. The maximum Gasteiger partial charge on any atom is 0.294 e. The molecule has 0 atom stereocenters. The fraction of sp³-hybridized carbons (Fsp3) is 0.364. The van der Waals surface area contributed by atoms with Gasteiger partial charge in [-0.3, -0.25) is 9.35 Å². The molecule has 6 heteroatoms. The van der Waals surface area contributed by atoms with Crippen molar-refractivity contribution in [2.75, 3.05) is 14.1 Å². The van der Waals surface area contributed by atoms with Crippen LogP contribution in [-0.4, -0.2) is 37.9 Å². The second kappa shape index (κ2) is 6.36. The van der Waals surface area contributed by atoms with E-state index in [0.717, 1.165) is 5.56 Å². The van der Waals surface area contributed by atoms with Gasteiger partial charge in [0.1, 0.15) is 0 Å². The van der Waals surface area contributed by atoms with Crippen molar-refractivity contribution in [3.63, 3.8) is 0 Å². The summed E-state index contributed by atoms with van der Waals surface area (Å²) in [6.07, 6.45) is 0. The predicted molar refractivity (Wildman–Crippen MR) is 65.4 cm³/mol. The van der Waals surface area contributed by atoms with E-state index >= 15 is 0 Å². The van der Waals surface area contributed by atoms with E-state index in [0.29, 0.717) is 0 Å². The molecule has 5 nitrogen and oxygen atoms in total. The number of nitrogens with zero attached hydrogens (tertiary/aromatic N) is 1. The third-order valence-corrected chi connectivity index (χ3v) is 2.82. The van der Waals surface area contributed by atoms with Crippen molar-refractivity contribution < 1.29 is 17.8 Å². The first kappa shape index (κ1) is 15.6. The van der Waals surface area contributed by atoms with E-state index in [-0.39, 0.29) is 10.8 Å². The second-order valence-electron chi connectivity index (χ2n) is 3.70. The van der Waals surface area contributed by atoms with Gasteiger partial charge in [-0.15, -0.1) is 0 Å². The van der Waals surface area contributed by atoms with Gasteiger partial charge < -0.3 is 4.90 Å². The molecule has 0 aromatic heterocycles. The number of aryl methyl sites for hydroxylation is 1. The Balaban J connectivity index is 0.000000366. The van der Waals surface area contributed by atoms with Crippen LogP contribution in [0.2, 0.25) is 0 Å². The predicted octanol–water partition coefficient (Wildman–Crippen LogP) is 1.34. The molecule has 0 aliphatic rings. The number of amides is 1. The highest BCUT2D eigenvalue weighted by Gasteiger charge is 2.06. The molecule has 0 aliphatic heterocycles. The Morgan fingerprint density at radius 3 is 1.76 bits per heavy atom. The van der Waals surface area contributed by atoms with Gasteiger partial charge in [0.15, 0.2) is 0 Å². The number of hydrogen-bond donors (Lipinski definition) is 1. The molecule has 0 fully saturated rings. The molecule has 96 valence electrons. The minimum atomic E-state index is -4.02. The molecule has 0 bridgehead atoms. The van der Waals surface area contributed by atoms with Gasteiger partial charge in [-0.25, -0.2) is 0 Å². The third-order valence-electron chi connectivity index (χ3n) is 1.95. The average Bonchev–Trinajstić information content (AvgIpc) is 2.17. The first-order valence-corrected chi connectivity index (χ1v) is 6.30. The zero-order valence-electron chi connectivity index (χ0n) is 10.3. The molecule has 0 aliphatic carbocycles. The lowest BCUT2D eigenvalue weighted by molar-refractivity contribution is -0.126. The van der Waals surface area contributed by atoms with E-state index < -0.39 is 10.1 Å². The first-order chi connectivity index (χ1) is 7.64. The third kappa shape index (κ3) is 6.70. The molecule has 0 saturated carbocycles. The molecule has 1 aromatic carbocycles. The van der Waals surface area contributed by atoms with Gasteiger partial charge in [-0.1, -0.05) is 17.7 Å². The van der Waals surface area contributed by atoms with E-state index in [1.54, 1.807) is 26.2 Å². The summed E-state index contributed by atoms with van der Waals surface area (Å²) in [7, 11) is -0.571. The number of carbonyl (C=O) groups is 1. The summed E-state index contributed by atoms with van der Waals surface area (Å²) in [5.41, 5.74) is 0.956. The molecular weight excluding hydrogens is 242 g/mol.